The van der Waals surface area contributed by atoms with Crippen molar-refractivity contribution in [3.8, 4) is 5.75 Å². The number of benzene rings is 1. The minimum atomic E-state index is -3.56. The monoisotopic (exact) mass is 312 g/mol. The summed E-state index contributed by atoms with van der Waals surface area (Å²) in [6.07, 6.45) is 1.10. The number of amides is 1. The minimum absolute atomic E-state index is 0.104. The molecule has 0 fully saturated rings. The van der Waals surface area contributed by atoms with E-state index < -0.39 is 15.6 Å². The van der Waals surface area contributed by atoms with Gasteiger partial charge in [-0.05, 0) is 31.0 Å². The van der Waals surface area contributed by atoms with Crippen LogP contribution in [0.25, 0.3) is 0 Å². The van der Waals surface area contributed by atoms with E-state index in [-0.39, 0.29) is 10.8 Å². The van der Waals surface area contributed by atoms with Gasteiger partial charge in [-0.25, -0.2) is 13.1 Å². The zero-order valence-corrected chi connectivity index (χ0v) is 13.2. The van der Waals surface area contributed by atoms with Crippen molar-refractivity contribution in [1.29, 1.82) is 0 Å². The normalized spacial score (nSPS) is 16.8. The van der Waals surface area contributed by atoms with E-state index in [2.05, 4.69) is 10.0 Å². The minimum Gasteiger partial charge on any atom is -0.475 e. The molecule has 0 saturated heterocycles. The summed E-state index contributed by atoms with van der Waals surface area (Å²) in [6.45, 7) is 5.78. The first kappa shape index (κ1) is 15.8. The zero-order chi connectivity index (χ0) is 15.7. The second-order valence-corrected chi connectivity index (χ2v) is 6.68. The fourth-order valence-electron chi connectivity index (χ4n) is 2.34. The van der Waals surface area contributed by atoms with Crippen LogP contribution >= 0.6 is 0 Å². The maximum Gasteiger partial charge on any atom is 0.268 e. The molecule has 1 aromatic rings. The number of carbonyl (C=O) groups excluding carboxylic acids is 1. The fourth-order valence-corrected chi connectivity index (χ4v) is 3.41. The standard InChI is InChI=1S/C14H20N2O4S/c1-4-14(5-2)13(17)16-11-9-10(7-8-12(11)20-14)21(18,19)15-6-3/h7-9,15H,4-6H2,1-3H3,(H,16,17). The van der Waals surface area contributed by atoms with E-state index in [1.54, 1.807) is 13.0 Å². The van der Waals surface area contributed by atoms with Gasteiger partial charge < -0.3 is 10.1 Å². The van der Waals surface area contributed by atoms with Crippen molar-refractivity contribution in [2.75, 3.05) is 11.9 Å². The Morgan fingerprint density at radius 3 is 2.48 bits per heavy atom. The Labute approximate surface area is 124 Å². The Hall–Kier alpha value is -1.60. The van der Waals surface area contributed by atoms with Crippen molar-refractivity contribution in [1.82, 2.24) is 4.72 Å². The molecule has 1 aliphatic rings. The van der Waals surface area contributed by atoms with Crippen molar-refractivity contribution < 1.29 is 17.9 Å². The third kappa shape index (κ3) is 2.75. The van der Waals surface area contributed by atoms with Gasteiger partial charge in [-0.1, -0.05) is 20.8 Å². The highest BCUT2D eigenvalue weighted by Crippen LogP contribution is 2.37. The van der Waals surface area contributed by atoms with Crippen molar-refractivity contribution in [2.24, 2.45) is 0 Å². The van der Waals surface area contributed by atoms with Gasteiger partial charge in [0.05, 0.1) is 10.6 Å². The number of hydrogen-bond donors (Lipinski definition) is 2. The summed E-state index contributed by atoms with van der Waals surface area (Å²) in [5.41, 5.74) is -0.494. The van der Waals surface area contributed by atoms with E-state index in [0.29, 0.717) is 30.8 Å². The molecule has 1 heterocycles. The number of carbonyl (C=O) groups is 1. The fraction of sp³-hybridized carbons (Fsp3) is 0.500. The van der Waals surface area contributed by atoms with E-state index in [0.717, 1.165) is 0 Å². The Bertz CT molecular complexity index is 651. The number of anilines is 1. The van der Waals surface area contributed by atoms with Gasteiger partial charge in [0.1, 0.15) is 5.75 Å². The molecule has 1 amide bonds. The lowest BCUT2D eigenvalue weighted by Crippen LogP contribution is -2.50. The number of ether oxygens (including phenoxy) is 1. The Kier molecular flexibility index (Phi) is 4.25. The van der Waals surface area contributed by atoms with Crippen LogP contribution < -0.4 is 14.8 Å². The molecule has 0 radical (unpaired) electrons. The number of fused-ring (bicyclic) bond motifs is 1. The van der Waals surface area contributed by atoms with Gasteiger partial charge in [0.2, 0.25) is 10.0 Å². The summed E-state index contributed by atoms with van der Waals surface area (Å²) < 4.78 is 32.2. The summed E-state index contributed by atoms with van der Waals surface area (Å²) in [4.78, 5) is 12.3. The lowest BCUT2D eigenvalue weighted by molar-refractivity contribution is -0.133. The molecule has 0 unspecified atom stereocenters. The summed E-state index contributed by atoms with van der Waals surface area (Å²) in [6, 6.07) is 4.48. The first-order chi connectivity index (χ1) is 9.88. The van der Waals surface area contributed by atoms with Crippen LogP contribution in [0.4, 0.5) is 5.69 Å². The number of sulfonamides is 1. The van der Waals surface area contributed by atoms with Gasteiger partial charge in [0.25, 0.3) is 5.91 Å². The third-order valence-corrected chi connectivity index (χ3v) is 5.25. The highest BCUT2D eigenvalue weighted by Gasteiger charge is 2.41. The van der Waals surface area contributed by atoms with Crippen LogP contribution in [-0.4, -0.2) is 26.5 Å². The maximum absolute atomic E-state index is 12.2. The Balaban J connectivity index is 2.41. The van der Waals surface area contributed by atoms with Crippen LogP contribution in [-0.2, 0) is 14.8 Å². The lowest BCUT2D eigenvalue weighted by atomic mass is 9.94. The molecule has 6 nitrogen and oxygen atoms in total. The quantitative estimate of drug-likeness (QED) is 0.869. The molecule has 0 atom stereocenters. The molecule has 0 aliphatic carbocycles. The summed E-state index contributed by atoms with van der Waals surface area (Å²) in [5.74, 6) is 0.256. The van der Waals surface area contributed by atoms with Gasteiger partial charge in [0.15, 0.2) is 5.60 Å². The molecule has 2 rings (SSSR count). The van der Waals surface area contributed by atoms with Crippen LogP contribution in [0, 0.1) is 0 Å². The molecule has 116 valence electrons. The van der Waals surface area contributed by atoms with E-state index in [1.807, 2.05) is 13.8 Å². The van der Waals surface area contributed by atoms with Gasteiger partial charge in [-0.15, -0.1) is 0 Å². The van der Waals surface area contributed by atoms with Gasteiger partial charge >= 0.3 is 0 Å². The predicted octanol–water partition coefficient (Wildman–Crippen LogP) is 1.87. The van der Waals surface area contributed by atoms with E-state index in [9.17, 15) is 13.2 Å². The Morgan fingerprint density at radius 2 is 1.90 bits per heavy atom. The molecule has 1 aromatic carbocycles. The molecule has 2 N–H and O–H groups in total. The van der Waals surface area contributed by atoms with Crippen LogP contribution in [0.5, 0.6) is 5.75 Å². The van der Waals surface area contributed by atoms with Gasteiger partial charge in [0, 0.05) is 6.54 Å². The van der Waals surface area contributed by atoms with Crippen molar-refractivity contribution in [3.63, 3.8) is 0 Å². The highest BCUT2D eigenvalue weighted by molar-refractivity contribution is 7.89. The lowest BCUT2D eigenvalue weighted by Gasteiger charge is -2.36. The van der Waals surface area contributed by atoms with Crippen LogP contribution in [0.3, 0.4) is 0 Å². The van der Waals surface area contributed by atoms with Crippen LogP contribution in [0.15, 0.2) is 23.1 Å². The van der Waals surface area contributed by atoms with E-state index >= 15 is 0 Å². The molecule has 0 aromatic heterocycles. The number of rotatable bonds is 5. The Morgan fingerprint density at radius 1 is 1.24 bits per heavy atom. The van der Waals surface area contributed by atoms with Crippen LogP contribution in [0.1, 0.15) is 33.6 Å². The summed E-state index contributed by atoms with van der Waals surface area (Å²) >= 11 is 0. The maximum atomic E-state index is 12.2. The molecule has 1 aliphatic heterocycles. The molecule has 21 heavy (non-hydrogen) atoms. The average Bonchev–Trinajstić information content (AvgIpc) is 2.46. The number of nitrogens with one attached hydrogen (secondary N) is 2. The molecular weight excluding hydrogens is 292 g/mol. The van der Waals surface area contributed by atoms with E-state index in [4.69, 9.17) is 4.74 Å². The molecule has 0 saturated carbocycles. The summed E-state index contributed by atoms with van der Waals surface area (Å²) in [5, 5.41) is 2.75. The first-order valence-electron chi connectivity index (χ1n) is 7.02. The molecular formula is C14H20N2O4S. The predicted molar refractivity (Wildman–Crippen MR) is 79.9 cm³/mol. The second kappa shape index (κ2) is 5.65. The zero-order valence-electron chi connectivity index (χ0n) is 12.4. The SMILES string of the molecule is CCNS(=O)(=O)c1ccc2c(c1)NC(=O)C(CC)(CC)O2. The molecule has 0 bridgehead atoms. The van der Waals surface area contributed by atoms with Gasteiger partial charge in [-0.3, -0.25) is 4.79 Å². The second-order valence-electron chi connectivity index (χ2n) is 4.92. The topological polar surface area (TPSA) is 84.5 Å². The third-order valence-electron chi connectivity index (χ3n) is 3.71. The smallest absolute Gasteiger partial charge is 0.268 e. The van der Waals surface area contributed by atoms with Gasteiger partial charge in [-0.2, -0.15) is 0 Å². The highest BCUT2D eigenvalue weighted by atomic mass is 32.2. The van der Waals surface area contributed by atoms with Crippen molar-refractivity contribution in [3.05, 3.63) is 18.2 Å². The molecule has 7 heteroatoms. The number of hydrogen-bond acceptors (Lipinski definition) is 4. The average molecular weight is 312 g/mol. The van der Waals surface area contributed by atoms with Crippen molar-refractivity contribution in [2.45, 2.75) is 44.1 Å². The first-order valence-corrected chi connectivity index (χ1v) is 8.51. The summed E-state index contributed by atoms with van der Waals surface area (Å²) in [7, 11) is -3.56. The van der Waals surface area contributed by atoms with Crippen molar-refractivity contribution >= 4 is 21.6 Å². The largest absolute Gasteiger partial charge is 0.475 e. The van der Waals surface area contributed by atoms with Crippen LogP contribution in [0.2, 0.25) is 0 Å². The van der Waals surface area contributed by atoms with E-state index in [1.165, 1.54) is 12.1 Å². The molecule has 0 spiro atoms.